The van der Waals surface area contributed by atoms with Crippen LogP contribution in [-0.4, -0.2) is 11.8 Å². The molecule has 0 aromatic carbocycles. The van der Waals surface area contributed by atoms with E-state index in [1.807, 2.05) is 6.08 Å². The smallest absolute Gasteiger partial charge is 0.160 e. The van der Waals surface area contributed by atoms with Gasteiger partial charge >= 0.3 is 0 Å². The lowest BCUT2D eigenvalue weighted by atomic mass is 9.90. The number of carbonyl (C=O) groups excluding carboxylic acids is 1. The second-order valence-corrected chi connectivity index (χ2v) is 6.51. The lowest BCUT2D eigenvalue weighted by Gasteiger charge is -2.29. The minimum Gasteiger partial charge on any atom is -0.385 e. The second kappa shape index (κ2) is 10.0. The van der Waals surface area contributed by atoms with Gasteiger partial charge in [0.05, 0.1) is 0 Å². The molecule has 1 aliphatic rings. The first kappa shape index (κ1) is 18.3. The first-order chi connectivity index (χ1) is 10.2. The van der Waals surface area contributed by atoms with Crippen LogP contribution in [0.5, 0.6) is 0 Å². The zero-order valence-corrected chi connectivity index (χ0v) is 14.6. The normalized spacial score (nSPS) is 17.5. The van der Waals surface area contributed by atoms with Crippen molar-refractivity contribution in [3.63, 3.8) is 0 Å². The summed E-state index contributed by atoms with van der Waals surface area (Å²) >= 11 is 0. The van der Waals surface area contributed by atoms with E-state index in [2.05, 4.69) is 33.0 Å². The lowest BCUT2D eigenvalue weighted by molar-refractivity contribution is -0.118. The number of hydrogen-bond acceptors (Lipinski definition) is 2. The molecule has 0 aromatic rings. The molecule has 0 unspecified atom stereocenters. The van der Waals surface area contributed by atoms with Crippen LogP contribution < -0.4 is 5.32 Å². The molecule has 0 aromatic heterocycles. The zero-order chi connectivity index (χ0) is 15.7. The van der Waals surface area contributed by atoms with Gasteiger partial charge in [-0.2, -0.15) is 0 Å². The number of carbonyl (C=O) groups is 1. The van der Waals surface area contributed by atoms with Crippen molar-refractivity contribution >= 4 is 5.78 Å². The van der Waals surface area contributed by atoms with Gasteiger partial charge in [-0.05, 0) is 44.4 Å². The van der Waals surface area contributed by atoms with Crippen molar-refractivity contribution in [2.45, 2.75) is 91.5 Å². The van der Waals surface area contributed by atoms with Crippen molar-refractivity contribution in [2.24, 2.45) is 11.8 Å². The van der Waals surface area contributed by atoms with Crippen molar-refractivity contribution in [3.05, 3.63) is 11.8 Å². The zero-order valence-electron chi connectivity index (χ0n) is 14.6. The van der Waals surface area contributed by atoms with Gasteiger partial charge in [-0.1, -0.05) is 47.0 Å². The highest BCUT2D eigenvalue weighted by atomic mass is 16.1. The molecule has 0 heterocycles. The molecule has 0 spiro atoms. The Bertz CT molecular complexity index is 320. The molecule has 1 aliphatic carbocycles. The molecule has 2 nitrogen and oxygen atoms in total. The van der Waals surface area contributed by atoms with Crippen LogP contribution in [0.4, 0.5) is 0 Å². The summed E-state index contributed by atoms with van der Waals surface area (Å²) in [5, 5.41) is 3.73. The average molecular weight is 293 g/mol. The Balaban J connectivity index is 2.81. The molecule has 0 atom stereocenters. The van der Waals surface area contributed by atoms with Crippen molar-refractivity contribution in [2.75, 3.05) is 0 Å². The van der Waals surface area contributed by atoms with Crippen LogP contribution in [0.2, 0.25) is 0 Å². The fraction of sp³-hybridized carbons (Fsp3) is 0.842. The lowest BCUT2D eigenvalue weighted by Crippen LogP contribution is -2.33. The Kier molecular flexibility index (Phi) is 8.72. The van der Waals surface area contributed by atoms with Crippen LogP contribution in [0.3, 0.4) is 0 Å². The molecule has 2 heteroatoms. The average Bonchev–Trinajstić information content (AvgIpc) is 2.50. The topological polar surface area (TPSA) is 29.1 Å². The van der Waals surface area contributed by atoms with E-state index in [0.717, 1.165) is 25.7 Å². The van der Waals surface area contributed by atoms with E-state index < -0.39 is 0 Å². The molecule has 0 amide bonds. The minimum absolute atomic E-state index is 0.197. The van der Waals surface area contributed by atoms with Gasteiger partial charge < -0.3 is 5.32 Å². The highest BCUT2D eigenvalue weighted by molar-refractivity contribution is 5.92. The molecule has 1 saturated carbocycles. The van der Waals surface area contributed by atoms with Crippen molar-refractivity contribution in [1.29, 1.82) is 0 Å². The third-order valence-corrected chi connectivity index (χ3v) is 5.09. The maximum absolute atomic E-state index is 12.5. The van der Waals surface area contributed by atoms with Crippen LogP contribution in [-0.2, 0) is 4.79 Å². The summed E-state index contributed by atoms with van der Waals surface area (Å²) in [6.45, 7) is 8.69. The monoisotopic (exact) mass is 293 g/mol. The van der Waals surface area contributed by atoms with Gasteiger partial charge in [-0.15, -0.1) is 0 Å². The Labute approximate surface area is 131 Å². The standard InChI is InChI=1S/C19H35NO/c1-5-15(6-2)18(14-19(21)16(7-3)8-4)20-17-12-10-9-11-13-17/h14-17,20H,5-13H2,1-4H3/b18-14-. The van der Waals surface area contributed by atoms with Crippen molar-refractivity contribution in [1.82, 2.24) is 5.32 Å². The SMILES string of the molecule is CCC(CC)C(=O)/C=C(\NC1CCCCC1)C(CC)CC. The molecule has 1 fully saturated rings. The van der Waals surface area contributed by atoms with Crippen LogP contribution in [0, 0.1) is 11.8 Å². The first-order valence-electron chi connectivity index (χ1n) is 9.18. The summed E-state index contributed by atoms with van der Waals surface area (Å²) in [7, 11) is 0. The van der Waals surface area contributed by atoms with Crippen LogP contribution in [0.1, 0.15) is 85.5 Å². The van der Waals surface area contributed by atoms with E-state index in [1.165, 1.54) is 37.8 Å². The highest BCUT2D eigenvalue weighted by Crippen LogP contribution is 2.24. The molecular formula is C19H35NO. The third kappa shape index (κ3) is 5.84. The van der Waals surface area contributed by atoms with E-state index in [9.17, 15) is 4.79 Å². The van der Waals surface area contributed by atoms with Gasteiger partial charge in [-0.25, -0.2) is 0 Å². The molecule has 122 valence electrons. The number of nitrogens with one attached hydrogen (secondary N) is 1. The van der Waals surface area contributed by atoms with Crippen molar-refractivity contribution in [3.8, 4) is 0 Å². The molecule has 0 bridgehead atoms. The predicted molar refractivity (Wildman–Crippen MR) is 91.2 cm³/mol. The third-order valence-electron chi connectivity index (χ3n) is 5.09. The summed E-state index contributed by atoms with van der Waals surface area (Å²) in [6.07, 6.45) is 12.6. The van der Waals surface area contributed by atoms with E-state index in [4.69, 9.17) is 0 Å². The summed E-state index contributed by atoms with van der Waals surface area (Å²) < 4.78 is 0. The van der Waals surface area contributed by atoms with Crippen LogP contribution >= 0.6 is 0 Å². The molecule has 0 aliphatic heterocycles. The number of rotatable bonds is 9. The van der Waals surface area contributed by atoms with Gasteiger partial charge in [0, 0.05) is 23.7 Å². The fourth-order valence-electron chi connectivity index (χ4n) is 3.45. The predicted octanol–water partition coefficient (Wildman–Crippen LogP) is 5.23. The Morgan fingerprint density at radius 1 is 0.952 bits per heavy atom. The minimum atomic E-state index is 0.197. The number of allylic oxidation sites excluding steroid dienone is 2. The van der Waals surface area contributed by atoms with Crippen LogP contribution in [0.25, 0.3) is 0 Å². The second-order valence-electron chi connectivity index (χ2n) is 6.51. The molecule has 1 N–H and O–H groups in total. The number of ketones is 1. The molecule has 0 saturated heterocycles. The Morgan fingerprint density at radius 2 is 1.48 bits per heavy atom. The fourth-order valence-corrected chi connectivity index (χ4v) is 3.45. The van der Waals surface area contributed by atoms with Gasteiger partial charge in [0.1, 0.15) is 0 Å². The van der Waals surface area contributed by atoms with Gasteiger partial charge in [0.15, 0.2) is 5.78 Å². The maximum atomic E-state index is 12.5. The van der Waals surface area contributed by atoms with Crippen LogP contribution in [0.15, 0.2) is 11.8 Å². The van der Waals surface area contributed by atoms with Gasteiger partial charge in [0.25, 0.3) is 0 Å². The van der Waals surface area contributed by atoms with E-state index >= 15 is 0 Å². The van der Waals surface area contributed by atoms with Gasteiger partial charge in [-0.3, -0.25) is 4.79 Å². The van der Waals surface area contributed by atoms with E-state index in [-0.39, 0.29) is 5.92 Å². The molecule has 0 radical (unpaired) electrons. The first-order valence-corrected chi connectivity index (χ1v) is 9.18. The summed E-state index contributed by atoms with van der Waals surface area (Å²) in [5.74, 6) is 1.03. The van der Waals surface area contributed by atoms with Gasteiger partial charge in [0.2, 0.25) is 0 Å². The van der Waals surface area contributed by atoms with Crippen molar-refractivity contribution < 1.29 is 4.79 Å². The van der Waals surface area contributed by atoms with E-state index in [0.29, 0.717) is 17.7 Å². The molecule has 1 rings (SSSR count). The Hall–Kier alpha value is -0.790. The summed E-state index contributed by atoms with van der Waals surface area (Å²) in [4.78, 5) is 12.5. The summed E-state index contributed by atoms with van der Waals surface area (Å²) in [6, 6.07) is 0.583. The highest BCUT2D eigenvalue weighted by Gasteiger charge is 2.20. The summed E-state index contributed by atoms with van der Waals surface area (Å²) in [5.41, 5.74) is 1.21. The quantitative estimate of drug-likeness (QED) is 0.589. The van der Waals surface area contributed by atoms with E-state index in [1.54, 1.807) is 0 Å². The molecule has 21 heavy (non-hydrogen) atoms. The number of hydrogen-bond donors (Lipinski definition) is 1. The molecular weight excluding hydrogens is 258 g/mol. The Morgan fingerprint density at radius 3 is 1.95 bits per heavy atom. The maximum Gasteiger partial charge on any atom is 0.160 e. The largest absolute Gasteiger partial charge is 0.385 e.